The van der Waals surface area contributed by atoms with Crippen molar-refractivity contribution in [1.29, 1.82) is 0 Å². The van der Waals surface area contributed by atoms with E-state index in [4.69, 9.17) is 18.0 Å². The van der Waals surface area contributed by atoms with Crippen LogP contribution in [0.4, 0.5) is 5.82 Å². The van der Waals surface area contributed by atoms with E-state index in [9.17, 15) is 0 Å². The van der Waals surface area contributed by atoms with Crippen molar-refractivity contribution in [3.8, 4) is 12.3 Å². The molecule has 0 aliphatic heterocycles. The van der Waals surface area contributed by atoms with Crippen molar-refractivity contribution in [1.82, 2.24) is 10.2 Å². The topological polar surface area (TPSA) is 37.8 Å². The lowest BCUT2D eigenvalue weighted by Crippen LogP contribution is -2.07. The minimum absolute atomic E-state index is 0.468. The van der Waals surface area contributed by atoms with Crippen LogP contribution in [0, 0.1) is 26.2 Å². The first kappa shape index (κ1) is 12.8. The molecule has 4 heteroatoms. The highest BCUT2D eigenvalue weighted by Gasteiger charge is 2.06. The molecular weight excluding hydrogens is 222 g/mol. The van der Waals surface area contributed by atoms with Gasteiger partial charge in [0.1, 0.15) is 0 Å². The molecule has 0 atom stereocenters. The highest BCUT2D eigenvalue weighted by molar-refractivity contribution is 6.30. The van der Waals surface area contributed by atoms with Gasteiger partial charge in [0.2, 0.25) is 0 Å². The molecule has 0 saturated heterocycles. The number of hydrogen-bond acceptors (Lipinski definition) is 3. The van der Waals surface area contributed by atoms with Crippen molar-refractivity contribution in [2.45, 2.75) is 33.1 Å². The first-order valence-corrected chi connectivity index (χ1v) is 5.71. The highest BCUT2D eigenvalue weighted by Crippen LogP contribution is 2.20. The Kier molecular flexibility index (Phi) is 5.07. The van der Waals surface area contributed by atoms with Gasteiger partial charge in [0.15, 0.2) is 11.0 Å². The average Bonchev–Trinajstić information content (AvgIpc) is 2.28. The fraction of sp³-hybridized carbons (Fsp3) is 0.500. The van der Waals surface area contributed by atoms with E-state index in [1.54, 1.807) is 0 Å². The lowest BCUT2D eigenvalue weighted by Gasteiger charge is -2.09. The van der Waals surface area contributed by atoms with Crippen LogP contribution >= 0.6 is 11.6 Å². The summed E-state index contributed by atoms with van der Waals surface area (Å²) in [6.07, 6.45) is 8.07. The monoisotopic (exact) mass is 237 g/mol. The van der Waals surface area contributed by atoms with E-state index in [0.717, 1.165) is 42.8 Å². The quantitative estimate of drug-likeness (QED) is 0.632. The van der Waals surface area contributed by atoms with Gasteiger partial charge in [0.25, 0.3) is 0 Å². The molecule has 0 aliphatic rings. The third-order valence-electron chi connectivity index (χ3n) is 2.51. The maximum absolute atomic E-state index is 5.86. The summed E-state index contributed by atoms with van der Waals surface area (Å²) < 4.78 is 0. The van der Waals surface area contributed by atoms with Crippen molar-refractivity contribution in [2.75, 3.05) is 11.9 Å². The second-order valence-electron chi connectivity index (χ2n) is 3.68. The lowest BCUT2D eigenvalue weighted by atomic mass is 10.2. The highest BCUT2D eigenvalue weighted by atomic mass is 35.5. The van der Waals surface area contributed by atoms with Crippen molar-refractivity contribution >= 4 is 17.4 Å². The molecule has 3 nitrogen and oxygen atoms in total. The first-order valence-electron chi connectivity index (χ1n) is 5.33. The zero-order valence-corrected chi connectivity index (χ0v) is 10.4. The number of nitrogens with zero attached hydrogens (tertiary/aromatic N) is 2. The molecule has 0 saturated carbocycles. The molecule has 1 N–H and O–H groups in total. The fourth-order valence-electron chi connectivity index (χ4n) is 1.30. The summed E-state index contributed by atoms with van der Waals surface area (Å²) in [4.78, 5) is 0. The van der Waals surface area contributed by atoms with Crippen molar-refractivity contribution < 1.29 is 0 Å². The molecule has 16 heavy (non-hydrogen) atoms. The summed E-state index contributed by atoms with van der Waals surface area (Å²) in [6, 6.07) is 0. The van der Waals surface area contributed by atoms with Gasteiger partial charge in [-0.05, 0) is 37.8 Å². The SMILES string of the molecule is C#CCCCCNc1nnc(Cl)c(C)c1C. The van der Waals surface area contributed by atoms with Crippen LogP contribution < -0.4 is 5.32 Å². The second-order valence-corrected chi connectivity index (χ2v) is 4.04. The Balaban J connectivity index is 2.49. The van der Waals surface area contributed by atoms with Crippen molar-refractivity contribution in [3.05, 3.63) is 16.3 Å². The number of unbranched alkanes of at least 4 members (excludes halogenated alkanes) is 2. The standard InChI is InChI=1S/C12H16ClN3/c1-4-5-6-7-8-14-12-10(3)9(2)11(13)15-16-12/h1H,5-8H2,2-3H3,(H,14,16). The van der Waals surface area contributed by atoms with E-state index < -0.39 is 0 Å². The summed E-state index contributed by atoms with van der Waals surface area (Å²) in [5.41, 5.74) is 2.03. The van der Waals surface area contributed by atoms with Crippen LogP contribution in [-0.2, 0) is 0 Å². The number of hydrogen-bond donors (Lipinski definition) is 1. The first-order chi connectivity index (χ1) is 7.66. The van der Waals surface area contributed by atoms with Crippen LogP contribution in [0.5, 0.6) is 0 Å². The van der Waals surface area contributed by atoms with E-state index in [2.05, 4.69) is 21.4 Å². The predicted molar refractivity (Wildman–Crippen MR) is 67.7 cm³/mol. The molecule has 0 unspecified atom stereocenters. The number of rotatable bonds is 5. The van der Waals surface area contributed by atoms with Crippen molar-refractivity contribution in [3.63, 3.8) is 0 Å². The second kappa shape index (κ2) is 6.34. The summed E-state index contributed by atoms with van der Waals surface area (Å²) in [7, 11) is 0. The Morgan fingerprint density at radius 3 is 2.69 bits per heavy atom. The predicted octanol–water partition coefficient (Wildman–Crippen LogP) is 2.96. The third-order valence-corrected chi connectivity index (χ3v) is 2.86. The molecule has 0 radical (unpaired) electrons. The molecule has 86 valence electrons. The summed E-state index contributed by atoms with van der Waals surface area (Å²) in [5, 5.41) is 11.6. The van der Waals surface area contributed by atoms with Gasteiger partial charge in [-0.15, -0.1) is 22.5 Å². The fourth-order valence-corrected chi connectivity index (χ4v) is 1.48. The molecule has 0 amide bonds. The molecule has 0 aromatic carbocycles. The van der Waals surface area contributed by atoms with E-state index >= 15 is 0 Å². The largest absolute Gasteiger partial charge is 0.368 e. The van der Waals surface area contributed by atoms with Gasteiger partial charge in [0.05, 0.1) is 0 Å². The summed E-state index contributed by atoms with van der Waals surface area (Å²) >= 11 is 5.86. The zero-order chi connectivity index (χ0) is 12.0. The van der Waals surface area contributed by atoms with Crippen LogP contribution in [0.15, 0.2) is 0 Å². The third kappa shape index (κ3) is 3.39. The van der Waals surface area contributed by atoms with Crippen LogP contribution in [0.2, 0.25) is 5.15 Å². The number of aromatic nitrogens is 2. The van der Waals surface area contributed by atoms with Crippen LogP contribution in [0.3, 0.4) is 0 Å². The van der Waals surface area contributed by atoms with E-state index in [-0.39, 0.29) is 0 Å². The Morgan fingerprint density at radius 2 is 2.00 bits per heavy atom. The van der Waals surface area contributed by atoms with Gasteiger partial charge in [-0.3, -0.25) is 0 Å². The Labute approximate surface area is 102 Å². The van der Waals surface area contributed by atoms with Gasteiger partial charge in [-0.2, -0.15) is 0 Å². The smallest absolute Gasteiger partial charge is 0.155 e. The van der Waals surface area contributed by atoms with Crippen LogP contribution in [0.25, 0.3) is 0 Å². The molecule has 1 rings (SSSR count). The maximum Gasteiger partial charge on any atom is 0.155 e. The zero-order valence-electron chi connectivity index (χ0n) is 9.68. The minimum atomic E-state index is 0.468. The Hall–Kier alpha value is -1.27. The maximum atomic E-state index is 5.86. The van der Waals surface area contributed by atoms with Gasteiger partial charge in [-0.1, -0.05) is 11.6 Å². The number of nitrogens with one attached hydrogen (secondary N) is 1. The summed E-state index contributed by atoms with van der Waals surface area (Å²) in [6.45, 7) is 4.79. The van der Waals surface area contributed by atoms with E-state index in [1.807, 2.05) is 13.8 Å². The molecular formula is C12H16ClN3. The van der Waals surface area contributed by atoms with E-state index in [0.29, 0.717) is 5.15 Å². The molecule has 0 bridgehead atoms. The van der Waals surface area contributed by atoms with Gasteiger partial charge < -0.3 is 5.32 Å². The normalized spacial score (nSPS) is 9.88. The van der Waals surface area contributed by atoms with E-state index in [1.165, 1.54) is 0 Å². The van der Waals surface area contributed by atoms with Crippen LogP contribution in [-0.4, -0.2) is 16.7 Å². The van der Waals surface area contributed by atoms with Crippen molar-refractivity contribution in [2.24, 2.45) is 0 Å². The molecule has 1 aromatic heterocycles. The number of terminal acetylenes is 1. The molecule has 0 fully saturated rings. The Bertz CT molecular complexity index is 396. The van der Waals surface area contributed by atoms with Crippen LogP contribution in [0.1, 0.15) is 30.4 Å². The minimum Gasteiger partial charge on any atom is -0.368 e. The molecule has 1 heterocycles. The van der Waals surface area contributed by atoms with Gasteiger partial charge >= 0.3 is 0 Å². The molecule has 0 spiro atoms. The Morgan fingerprint density at radius 1 is 1.25 bits per heavy atom. The summed E-state index contributed by atoms with van der Waals surface area (Å²) in [5.74, 6) is 3.43. The molecule has 1 aromatic rings. The number of anilines is 1. The number of halogens is 1. The van der Waals surface area contributed by atoms with Gasteiger partial charge in [-0.25, -0.2) is 0 Å². The van der Waals surface area contributed by atoms with Gasteiger partial charge in [0, 0.05) is 13.0 Å². The average molecular weight is 238 g/mol. The molecule has 0 aliphatic carbocycles. The lowest BCUT2D eigenvalue weighted by molar-refractivity contribution is 0.784.